The van der Waals surface area contributed by atoms with Crippen LogP contribution < -0.4 is 15.4 Å². The summed E-state index contributed by atoms with van der Waals surface area (Å²) in [6, 6.07) is 14.2. The standard InChI is InChI=1S/C17H18N2O2/c1-11-5-3-4-6-14(11)12(2)18-13-7-8-16-15(9-13)19-17(20)10-21-16/h3-9,12,18H,10H2,1-2H3,(H,19,20). The van der Waals surface area contributed by atoms with Crippen molar-refractivity contribution in [3.8, 4) is 5.75 Å². The fourth-order valence-electron chi connectivity index (χ4n) is 2.57. The first kappa shape index (κ1) is 13.5. The summed E-state index contributed by atoms with van der Waals surface area (Å²) in [4.78, 5) is 11.4. The van der Waals surface area contributed by atoms with Crippen LogP contribution in [0.1, 0.15) is 24.1 Å². The number of anilines is 2. The fraction of sp³-hybridized carbons (Fsp3) is 0.235. The molecule has 0 spiro atoms. The molecule has 0 saturated heterocycles. The zero-order valence-corrected chi connectivity index (χ0v) is 12.1. The van der Waals surface area contributed by atoms with Crippen molar-refractivity contribution in [2.24, 2.45) is 0 Å². The maximum absolute atomic E-state index is 11.4. The first-order valence-electron chi connectivity index (χ1n) is 7.02. The summed E-state index contributed by atoms with van der Waals surface area (Å²) in [5.74, 6) is 0.593. The van der Waals surface area contributed by atoms with Gasteiger partial charge >= 0.3 is 0 Å². The lowest BCUT2D eigenvalue weighted by Gasteiger charge is -2.21. The number of nitrogens with one attached hydrogen (secondary N) is 2. The van der Waals surface area contributed by atoms with Crippen molar-refractivity contribution in [2.45, 2.75) is 19.9 Å². The number of rotatable bonds is 3. The molecule has 0 bridgehead atoms. The van der Waals surface area contributed by atoms with Gasteiger partial charge < -0.3 is 15.4 Å². The summed E-state index contributed by atoms with van der Waals surface area (Å²) in [6.45, 7) is 4.31. The van der Waals surface area contributed by atoms with Gasteiger partial charge in [0, 0.05) is 11.7 Å². The van der Waals surface area contributed by atoms with E-state index in [0.29, 0.717) is 11.4 Å². The zero-order chi connectivity index (χ0) is 14.8. The molecule has 0 radical (unpaired) electrons. The second-order valence-electron chi connectivity index (χ2n) is 5.27. The SMILES string of the molecule is Cc1ccccc1C(C)Nc1ccc2c(c1)NC(=O)CO2. The molecule has 3 rings (SSSR count). The highest BCUT2D eigenvalue weighted by Crippen LogP contribution is 2.32. The van der Waals surface area contributed by atoms with E-state index in [1.54, 1.807) is 0 Å². The molecule has 4 nitrogen and oxygen atoms in total. The summed E-state index contributed by atoms with van der Waals surface area (Å²) in [5.41, 5.74) is 4.19. The topological polar surface area (TPSA) is 50.4 Å². The van der Waals surface area contributed by atoms with E-state index in [4.69, 9.17) is 4.74 Å². The Balaban J connectivity index is 1.81. The van der Waals surface area contributed by atoms with Crippen molar-refractivity contribution in [3.05, 3.63) is 53.6 Å². The van der Waals surface area contributed by atoms with Crippen LogP contribution in [0.3, 0.4) is 0 Å². The molecule has 0 aromatic heterocycles. The van der Waals surface area contributed by atoms with Crippen molar-refractivity contribution in [1.29, 1.82) is 0 Å². The lowest BCUT2D eigenvalue weighted by atomic mass is 10.0. The highest BCUT2D eigenvalue weighted by molar-refractivity contribution is 5.96. The normalized spacial score (nSPS) is 14.7. The van der Waals surface area contributed by atoms with Gasteiger partial charge in [-0.05, 0) is 43.2 Å². The Morgan fingerprint density at radius 2 is 2.05 bits per heavy atom. The molecule has 1 aliphatic heterocycles. The van der Waals surface area contributed by atoms with E-state index in [1.165, 1.54) is 11.1 Å². The molecule has 1 unspecified atom stereocenters. The van der Waals surface area contributed by atoms with Crippen LogP contribution in [0.2, 0.25) is 0 Å². The molecule has 0 aliphatic carbocycles. The van der Waals surface area contributed by atoms with E-state index < -0.39 is 0 Å². The molecule has 21 heavy (non-hydrogen) atoms. The zero-order valence-electron chi connectivity index (χ0n) is 12.1. The number of hydrogen-bond acceptors (Lipinski definition) is 3. The molecular formula is C17H18N2O2. The Kier molecular flexibility index (Phi) is 3.52. The molecule has 1 heterocycles. The summed E-state index contributed by atoms with van der Waals surface area (Å²) < 4.78 is 5.36. The fourth-order valence-corrected chi connectivity index (χ4v) is 2.57. The number of fused-ring (bicyclic) bond motifs is 1. The van der Waals surface area contributed by atoms with Crippen molar-refractivity contribution in [3.63, 3.8) is 0 Å². The molecule has 1 atom stereocenters. The number of carbonyl (C=O) groups is 1. The van der Waals surface area contributed by atoms with Gasteiger partial charge in [0.2, 0.25) is 0 Å². The van der Waals surface area contributed by atoms with E-state index in [9.17, 15) is 4.79 Å². The van der Waals surface area contributed by atoms with Gasteiger partial charge in [-0.15, -0.1) is 0 Å². The minimum atomic E-state index is -0.119. The highest BCUT2D eigenvalue weighted by Gasteiger charge is 2.16. The van der Waals surface area contributed by atoms with Gasteiger partial charge in [0.15, 0.2) is 6.61 Å². The predicted molar refractivity (Wildman–Crippen MR) is 83.8 cm³/mol. The van der Waals surface area contributed by atoms with Gasteiger partial charge in [0.05, 0.1) is 5.69 Å². The maximum Gasteiger partial charge on any atom is 0.262 e. The number of carbonyl (C=O) groups excluding carboxylic acids is 1. The molecule has 2 aromatic carbocycles. The first-order chi connectivity index (χ1) is 10.1. The van der Waals surface area contributed by atoms with E-state index in [1.807, 2.05) is 30.3 Å². The number of benzene rings is 2. The minimum absolute atomic E-state index is 0.0827. The van der Waals surface area contributed by atoms with Gasteiger partial charge in [-0.2, -0.15) is 0 Å². The Morgan fingerprint density at radius 3 is 2.86 bits per heavy atom. The average Bonchev–Trinajstić information content (AvgIpc) is 2.47. The second-order valence-corrected chi connectivity index (χ2v) is 5.27. The maximum atomic E-state index is 11.4. The predicted octanol–water partition coefficient (Wildman–Crippen LogP) is 3.50. The van der Waals surface area contributed by atoms with Crippen molar-refractivity contribution < 1.29 is 9.53 Å². The van der Waals surface area contributed by atoms with Crippen molar-refractivity contribution in [2.75, 3.05) is 17.2 Å². The molecule has 108 valence electrons. The quantitative estimate of drug-likeness (QED) is 0.906. The number of amides is 1. The lowest BCUT2D eigenvalue weighted by molar-refractivity contribution is -0.118. The minimum Gasteiger partial charge on any atom is -0.482 e. The number of ether oxygens (including phenoxy) is 1. The largest absolute Gasteiger partial charge is 0.482 e. The van der Waals surface area contributed by atoms with E-state index in [2.05, 4.69) is 36.6 Å². The van der Waals surface area contributed by atoms with Crippen molar-refractivity contribution in [1.82, 2.24) is 0 Å². The molecule has 1 aliphatic rings. The van der Waals surface area contributed by atoms with Crippen LogP contribution in [-0.2, 0) is 4.79 Å². The monoisotopic (exact) mass is 282 g/mol. The summed E-state index contributed by atoms with van der Waals surface area (Å²) >= 11 is 0. The number of hydrogen-bond donors (Lipinski definition) is 2. The average molecular weight is 282 g/mol. The van der Waals surface area contributed by atoms with Gasteiger partial charge in [-0.3, -0.25) is 4.79 Å². The van der Waals surface area contributed by atoms with Crippen molar-refractivity contribution >= 4 is 17.3 Å². The van der Waals surface area contributed by atoms with E-state index in [-0.39, 0.29) is 18.6 Å². The van der Waals surface area contributed by atoms with Gasteiger partial charge in [0.25, 0.3) is 5.91 Å². The third kappa shape index (κ3) is 2.84. The third-order valence-corrected chi connectivity index (χ3v) is 3.65. The summed E-state index contributed by atoms with van der Waals surface area (Å²) in [5, 5.41) is 6.28. The Morgan fingerprint density at radius 1 is 1.24 bits per heavy atom. The van der Waals surface area contributed by atoms with E-state index >= 15 is 0 Å². The van der Waals surface area contributed by atoms with Crippen LogP contribution in [-0.4, -0.2) is 12.5 Å². The Bertz CT molecular complexity index is 682. The summed E-state index contributed by atoms with van der Waals surface area (Å²) in [7, 11) is 0. The van der Waals surface area contributed by atoms with Crippen LogP contribution in [0.5, 0.6) is 5.75 Å². The molecule has 0 fully saturated rings. The highest BCUT2D eigenvalue weighted by atomic mass is 16.5. The molecule has 4 heteroatoms. The van der Waals surface area contributed by atoms with Crippen LogP contribution >= 0.6 is 0 Å². The first-order valence-corrected chi connectivity index (χ1v) is 7.02. The van der Waals surface area contributed by atoms with E-state index in [0.717, 1.165) is 5.69 Å². The number of aryl methyl sites for hydroxylation is 1. The third-order valence-electron chi connectivity index (χ3n) is 3.65. The molecule has 0 saturated carbocycles. The van der Waals surface area contributed by atoms with Crippen LogP contribution in [0.4, 0.5) is 11.4 Å². The Labute approximate surface area is 124 Å². The smallest absolute Gasteiger partial charge is 0.262 e. The lowest BCUT2D eigenvalue weighted by Crippen LogP contribution is -2.25. The second kappa shape index (κ2) is 5.48. The van der Waals surface area contributed by atoms with Gasteiger partial charge in [-0.1, -0.05) is 24.3 Å². The van der Waals surface area contributed by atoms with Gasteiger partial charge in [0.1, 0.15) is 5.75 Å². The van der Waals surface area contributed by atoms with Crippen LogP contribution in [0.25, 0.3) is 0 Å². The molecular weight excluding hydrogens is 264 g/mol. The van der Waals surface area contributed by atoms with Crippen LogP contribution in [0.15, 0.2) is 42.5 Å². The molecule has 2 N–H and O–H groups in total. The van der Waals surface area contributed by atoms with Crippen LogP contribution in [0, 0.1) is 6.92 Å². The van der Waals surface area contributed by atoms with Gasteiger partial charge in [-0.25, -0.2) is 0 Å². The molecule has 2 aromatic rings. The Hall–Kier alpha value is -2.49. The summed E-state index contributed by atoms with van der Waals surface area (Å²) in [6.07, 6.45) is 0. The molecule has 1 amide bonds.